The fourth-order valence-corrected chi connectivity index (χ4v) is 2.43. The Labute approximate surface area is 119 Å². The molecule has 19 heavy (non-hydrogen) atoms. The van der Waals surface area contributed by atoms with Crippen molar-refractivity contribution in [1.29, 1.82) is 0 Å². The van der Waals surface area contributed by atoms with Gasteiger partial charge < -0.3 is 0 Å². The molecule has 4 nitrogen and oxygen atoms in total. The maximum absolute atomic E-state index is 12.0. The Hall–Kier alpha value is -1.49. The number of nitrogens with zero attached hydrogens (tertiary/aromatic N) is 1. The van der Waals surface area contributed by atoms with Gasteiger partial charge in [-0.3, -0.25) is 19.3 Å². The Morgan fingerprint density at radius 2 is 1.58 bits per heavy atom. The number of hydrogen-bond acceptors (Lipinski definition) is 3. The largest absolute Gasteiger partial charge is 0.287 e. The number of rotatable bonds is 6. The molecule has 2 rings (SSSR count). The van der Waals surface area contributed by atoms with Crippen molar-refractivity contribution >= 4 is 32.4 Å². The van der Waals surface area contributed by atoms with Gasteiger partial charge in [-0.25, -0.2) is 0 Å². The van der Waals surface area contributed by atoms with Gasteiger partial charge in [0.2, 0.25) is 0 Å². The number of carbonyl (C=O) groups excluding carboxylic acids is 3. The van der Waals surface area contributed by atoms with Crippen LogP contribution in [-0.2, 0) is 4.79 Å². The summed E-state index contributed by atoms with van der Waals surface area (Å²) in [6, 6.07) is 6.88. The monoisotopic (exact) mass is 323 g/mol. The lowest BCUT2D eigenvalue weighted by molar-refractivity contribution is -0.110. The molecule has 0 N–H and O–H groups in total. The second-order valence-corrected chi connectivity index (χ2v) is 5.36. The lowest BCUT2D eigenvalue weighted by Crippen LogP contribution is -2.30. The van der Waals surface area contributed by atoms with Crippen LogP contribution < -0.4 is 0 Å². The van der Waals surface area contributed by atoms with Crippen LogP contribution in [0.25, 0.3) is 0 Å². The molecule has 0 saturated carbocycles. The predicted molar refractivity (Wildman–Crippen MR) is 74.2 cm³/mol. The molecule has 100 valence electrons. The van der Waals surface area contributed by atoms with Crippen molar-refractivity contribution in [3.05, 3.63) is 35.4 Å². The average molecular weight is 324 g/mol. The summed E-state index contributed by atoms with van der Waals surface area (Å²) in [5.74, 6) is -0.422. The molecule has 0 atom stereocenters. The summed E-state index contributed by atoms with van der Waals surface area (Å²) in [6.07, 6.45) is 2.81. The maximum atomic E-state index is 12.0. The minimum absolute atomic E-state index is 0.00627. The van der Waals surface area contributed by atoms with Crippen molar-refractivity contribution in [3.8, 4) is 0 Å². The predicted octanol–water partition coefficient (Wildman–Crippen LogP) is 2.76. The summed E-state index contributed by atoms with van der Waals surface area (Å²) >= 11 is 2.87. The van der Waals surface area contributed by atoms with Crippen molar-refractivity contribution in [3.63, 3.8) is 0 Å². The van der Waals surface area contributed by atoms with Crippen molar-refractivity contribution < 1.29 is 14.4 Å². The second kappa shape index (κ2) is 6.10. The van der Waals surface area contributed by atoms with E-state index in [1.54, 1.807) is 24.3 Å². The Bertz CT molecular complexity index is 492. The lowest BCUT2D eigenvalue weighted by Gasteiger charge is -2.13. The molecule has 0 saturated heterocycles. The zero-order valence-corrected chi connectivity index (χ0v) is 12.0. The van der Waals surface area contributed by atoms with Gasteiger partial charge in [0.25, 0.3) is 11.8 Å². The number of fused-ring (bicyclic) bond motifs is 1. The first-order chi connectivity index (χ1) is 9.11. The van der Waals surface area contributed by atoms with E-state index in [0.29, 0.717) is 24.1 Å². The van der Waals surface area contributed by atoms with Crippen LogP contribution in [0.4, 0.5) is 0 Å². The van der Waals surface area contributed by atoms with Gasteiger partial charge in [0, 0.05) is 13.0 Å². The number of benzene rings is 1. The minimum Gasteiger partial charge on any atom is -0.287 e. The fourth-order valence-electron chi connectivity index (χ4n) is 2.15. The van der Waals surface area contributed by atoms with Gasteiger partial charge in [-0.15, -0.1) is 0 Å². The zero-order valence-electron chi connectivity index (χ0n) is 10.4. The topological polar surface area (TPSA) is 54.5 Å². The van der Waals surface area contributed by atoms with Gasteiger partial charge in [0.15, 0.2) is 4.69 Å². The summed E-state index contributed by atoms with van der Waals surface area (Å²) in [5, 5.41) is 0. The SMILES string of the molecule is O=C(Br)CCCCCN1C(=O)c2ccccc2C1=O. The number of carbonyl (C=O) groups is 3. The normalized spacial score (nSPS) is 13.8. The van der Waals surface area contributed by atoms with Crippen molar-refractivity contribution in [2.24, 2.45) is 0 Å². The summed E-state index contributed by atoms with van der Waals surface area (Å²) in [4.78, 5) is 36.1. The van der Waals surface area contributed by atoms with Crippen LogP contribution in [0.1, 0.15) is 46.4 Å². The lowest BCUT2D eigenvalue weighted by atomic mass is 10.1. The molecule has 5 heteroatoms. The van der Waals surface area contributed by atoms with E-state index in [9.17, 15) is 14.4 Å². The van der Waals surface area contributed by atoms with Crippen molar-refractivity contribution in [1.82, 2.24) is 4.90 Å². The van der Waals surface area contributed by atoms with Crippen LogP contribution in [0.5, 0.6) is 0 Å². The maximum Gasteiger partial charge on any atom is 0.261 e. The molecule has 0 aromatic heterocycles. The molecule has 0 spiro atoms. The summed E-state index contributed by atoms with van der Waals surface area (Å²) in [5.41, 5.74) is 0.978. The van der Waals surface area contributed by atoms with E-state index in [4.69, 9.17) is 0 Å². The number of hydrogen-bond donors (Lipinski definition) is 0. The van der Waals surface area contributed by atoms with Crippen molar-refractivity contribution in [2.75, 3.05) is 6.54 Å². The molecule has 1 aromatic rings. The zero-order chi connectivity index (χ0) is 13.8. The average Bonchev–Trinajstić information content (AvgIpc) is 2.63. The highest BCUT2D eigenvalue weighted by Crippen LogP contribution is 2.22. The van der Waals surface area contributed by atoms with E-state index >= 15 is 0 Å². The Balaban J connectivity index is 1.88. The summed E-state index contributed by atoms with van der Waals surface area (Å²) in [6.45, 7) is 0.419. The molecular formula is C14H14BrNO3. The molecular weight excluding hydrogens is 310 g/mol. The van der Waals surface area contributed by atoms with E-state index in [-0.39, 0.29) is 16.5 Å². The molecule has 2 amide bonds. The first kappa shape index (κ1) is 13.9. The number of halogens is 1. The summed E-state index contributed by atoms with van der Waals surface area (Å²) in [7, 11) is 0. The first-order valence-electron chi connectivity index (χ1n) is 6.25. The molecule has 0 aliphatic carbocycles. The number of imide groups is 1. The number of amides is 2. The third kappa shape index (κ3) is 3.10. The van der Waals surface area contributed by atoms with E-state index in [2.05, 4.69) is 15.9 Å². The first-order valence-corrected chi connectivity index (χ1v) is 7.04. The van der Waals surface area contributed by atoms with Gasteiger partial charge in [-0.1, -0.05) is 18.6 Å². The van der Waals surface area contributed by atoms with E-state index in [0.717, 1.165) is 19.3 Å². The van der Waals surface area contributed by atoms with Crippen LogP contribution in [0.15, 0.2) is 24.3 Å². The van der Waals surface area contributed by atoms with Gasteiger partial charge in [-0.05, 0) is 40.9 Å². The Kier molecular flexibility index (Phi) is 4.47. The molecule has 1 aliphatic heterocycles. The molecule has 1 aliphatic rings. The van der Waals surface area contributed by atoms with Gasteiger partial charge >= 0.3 is 0 Å². The molecule has 0 radical (unpaired) electrons. The summed E-state index contributed by atoms with van der Waals surface area (Å²) < 4.78 is -0.00627. The highest BCUT2D eigenvalue weighted by Gasteiger charge is 2.34. The van der Waals surface area contributed by atoms with E-state index in [1.165, 1.54) is 4.90 Å². The van der Waals surface area contributed by atoms with E-state index < -0.39 is 0 Å². The molecule has 0 fully saturated rings. The smallest absolute Gasteiger partial charge is 0.261 e. The van der Waals surface area contributed by atoms with Gasteiger partial charge in [-0.2, -0.15) is 0 Å². The third-order valence-corrected chi connectivity index (χ3v) is 3.53. The molecule has 0 unspecified atom stereocenters. The molecule has 1 aromatic carbocycles. The van der Waals surface area contributed by atoms with Crippen molar-refractivity contribution in [2.45, 2.75) is 25.7 Å². The Morgan fingerprint density at radius 3 is 2.11 bits per heavy atom. The fraction of sp³-hybridized carbons (Fsp3) is 0.357. The quantitative estimate of drug-likeness (QED) is 0.459. The van der Waals surface area contributed by atoms with Gasteiger partial charge in [0.1, 0.15) is 0 Å². The van der Waals surface area contributed by atoms with Crippen LogP contribution >= 0.6 is 15.9 Å². The van der Waals surface area contributed by atoms with Crippen LogP contribution in [-0.4, -0.2) is 28.0 Å². The highest BCUT2D eigenvalue weighted by molar-refractivity contribution is 9.18. The standard InChI is InChI=1S/C14H14BrNO3/c15-12(17)8-2-1-5-9-16-13(18)10-6-3-4-7-11(10)14(16)19/h3-4,6-7H,1-2,5,8-9H2. The van der Waals surface area contributed by atoms with Crippen LogP contribution in [0.2, 0.25) is 0 Å². The number of unbranched alkanes of at least 4 members (excludes halogenated alkanes) is 2. The van der Waals surface area contributed by atoms with Crippen LogP contribution in [0, 0.1) is 0 Å². The molecule has 1 heterocycles. The highest BCUT2D eigenvalue weighted by atomic mass is 79.9. The Morgan fingerprint density at radius 1 is 1.00 bits per heavy atom. The molecule has 0 bridgehead atoms. The van der Waals surface area contributed by atoms with Crippen LogP contribution in [0.3, 0.4) is 0 Å². The minimum atomic E-state index is -0.211. The second-order valence-electron chi connectivity index (χ2n) is 4.47. The van der Waals surface area contributed by atoms with E-state index in [1.807, 2.05) is 0 Å². The third-order valence-electron chi connectivity index (χ3n) is 3.13. The van der Waals surface area contributed by atoms with Gasteiger partial charge in [0.05, 0.1) is 11.1 Å².